The lowest BCUT2D eigenvalue weighted by Gasteiger charge is -2.21. The van der Waals surface area contributed by atoms with Crippen molar-refractivity contribution in [1.82, 2.24) is 9.97 Å². The van der Waals surface area contributed by atoms with E-state index in [1.807, 2.05) is 6.92 Å². The van der Waals surface area contributed by atoms with Gasteiger partial charge in [-0.1, -0.05) is 6.92 Å². The summed E-state index contributed by atoms with van der Waals surface area (Å²) in [5, 5.41) is 3.02. The third kappa shape index (κ3) is 5.32. The van der Waals surface area contributed by atoms with Gasteiger partial charge in [0, 0.05) is 31.9 Å². The van der Waals surface area contributed by atoms with E-state index in [-0.39, 0.29) is 6.54 Å². The van der Waals surface area contributed by atoms with Crippen molar-refractivity contribution >= 4 is 11.8 Å². The normalized spacial score (nSPS) is 11.5. The van der Waals surface area contributed by atoms with Gasteiger partial charge in [0.15, 0.2) is 0 Å². The highest BCUT2D eigenvalue weighted by Crippen LogP contribution is 2.22. The third-order valence-corrected chi connectivity index (χ3v) is 2.57. The molecule has 0 spiro atoms. The van der Waals surface area contributed by atoms with Gasteiger partial charge in [-0.15, -0.1) is 0 Å². The van der Waals surface area contributed by atoms with Crippen LogP contribution in [0.1, 0.15) is 25.3 Å². The molecule has 0 aliphatic carbocycles. The van der Waals surface area contributed by atoms with Crippen molar-refractivity contribution in [1.29, 1.82) is 0 Å². The molecule has 0 radical (unpaired) electrons. The average Bonchev–Trinajstić information content (AvgIpc) is 2.34. The van der Waals surface area contributed by atoms with Crippen LogP contribution in [0.15, 0.2) is 6.20 Å². The smallest absolute Gasteiger partial charge is 0.359 e. The quantitative estimate of drug-likeness (QED) is 0.867. The molecule has 1 N–H and O–H groups in total. The monoisotopic (exact) mass is 276 g/mol. The average molecular weight is 276 g/mol. The molecule has 0 amide bonds. The summed E-state index contributed by atoms with van der Waals surface area (Å²) >= 11 is 0. The largest absolute Gasteiger partial charge is 0.390 e. The molecule has 0 bridgehead atoms. The minimum absolute atomic E-state index is 0.116. The van der Waals surface area contributed by atoms with Crippen molar-refractivity contribution < 1.29 is 13.2 Å². The maximum absolute atomic E-state index is 12.2. The lowest BCUT2D eigenvalue weighted by atomic mass is 10.3. The van der Waals surface area contributed by atoms with Crippen molar-refractivity contribution in [3.63, 3.8) is 0 Å². The van der Waals surface area contributed by atoms with Crippen molar-refractivity contribution in [3.8, 4) is 0 Å². The fourth-order valence-electron chi connectivity index (χ4n) is 1.54. The molecule has 1 heterocycles. The Labute approximate surface area is 111 Å². The van der Waals surface area contributed by atoms with Gasteiger partial charge < -0.3 is 10.2 Å². The summed E-state index contributed by atoms with van der Waals surface area (Å²) in [6.45, 7) is 4.41. The fraction of sp³-hybridized carbons (Fsp3) is 0.667. The summed E-state index contributed by atoms with van der Waals surface area (Å²) in [6.07, 6.45) is -2.47. The van der Waals surface area contributed by atoms with Gasteiger partial charge in [0.25, 0.3) is 0 Å². The molecule has 0 aliphatic rings. The standard InChI is InChI=1S/C12H19F3N4/c1-4-6-16-11-17-8-9(2)10(18-11)19(3)7-5-12(13,14)15/h8H,4-7H2,1-3H3,(H,16,17,18). The number of nitrogens with zero attached hydrogens (tertiary/aromatic N) is 3. The summed E-state index contributed by atoms with van der Waals surface area (Å²) < 4.78 is 36.6. The number of rotatable bonds is 6. The van der Waals surface area contributed by atoms with Crippen LogP contribution in [-0.4, -0.2) is 36.3 Å². The number of halogens is 3. The number of hydrogen-bond acceptors (Lipinski definition) is 4. The van der Waals surface area contributed by atoms with Crippen LogP contribution in [0, 0.1) is 6.92 Å². The predicted molar refractivity (Wildman–Crippen MR) is 69.5 cm³/mol. The second-order valence-corrected chi connectivity index (χ2v) is 4.41. The first-order chi connectivity index (χ1) is 8.83. The number of aromatic nitrogens is 2. The van der Waals surface area contributed by atoms with Crippen molar-refractivity contribution in [2.45, 2.75) is 32.9 Å². The van der Waals surface area contributed by atoms with Crippen LogP contribution in [0.25, 0.3) is 0 Å². The Balaban J connectivity index is 2.74. The van der Waals surface area contributed by atoms with Gasteiger partial charge in [0.1, 0.15) is 5.82 Å². The topological polar surface area (TPSA) is 41.1 Å². The third-order valence-electron chi connectivity index (χ3n) is 2.57. The van der Waals surface area contributed by atoms with Crippen LogP contribution in [0.3, 0.4) is 0 Å². The molecular weight excluding hydrogens is 257 g/mol. The van der Waals surface area contributed by atoms with Crippen LogP contribution in [-0.2, 0) is 0 Å². The second-order valence-electron chi connectivity index (χ2n) is 4.41. The van der Waals surface area contributed by atoms with Gasteiger partial charge in [0.05, 0.1) is 6.42 Å². The van der Waals surface area contributed by atoms with E-state index in [1.165, 1.54) is 4.90 Å². The molecule has 1 aromatic rings. The zero-order valence-corrected chi connectivity index (χ0v) is 11.4. The summed E-state index contributed by atoms with van der Waals surface area (Å²) in [4.78, 5) is 9.84. The molecule has 19 heavy (non-hydrogen) atoms. The van der Waals surface area contributed by atoms with E-state index in [1.54, 1.807) is 20.2 Å². The predicted octanol–water partition coefficient (Wildman–Crippen LogP) is 3.00. The number of hydrogen-bond donors (Lipinski definition) is 1. The molecule has 0 unspecified atom stereocenters. The zero-order valence-electron chi connectivity index (χ0n) is 11.4. The first-order valence-corrected chi connectivity index (χ1v) is 6.19. The molecule has 0 atom stereocenters. The number of anilines is 2. The van der Waals surface area contributed by atoms with E-state index in [9.17, 15) is 13.2 Å². The van der Waals surface area contributed by atoms with Gasteiger partial charge in [-0.2, -0.15) is 18.2 Å². The molecule has 7 heteroatoms. The number of alkyl halides is 3. The van der Waals surface area contributed by atoms with Gasteiger partial charge in [0.2, 0.25) is 5.95 Å². The van der Waals surface area contributed by atoms with Gasteiger partial charge in [-0.3, -0.25) is 0 Å². The first kappa shape index (κ1) is 15.5. The Kier molecular flexibility index (Phi) is 5.38. The van der Waals surface area contributed by atoms with Gasteiger partial charge in [-0.25, -0.2) is 4.98 Å². The maximum Gasteiger partial charge on any atom is 0.390 e. The Bertz CT molecular complexity index is 406. The van der Waals surface area contributed by atoms with Crippen LogP contribution < -0.4 is 10.2 Å². The van der Waals surface area contributed by atoms with Crippen LogP contribution in [0.2, 0.25) is 0 Å². The van der Waals surface area contributed by atoms with Gasteiger partial charge in [-0.05, 0) is 13.3 Å². The van der Waals surface area contributed by atoms with Crippen LogP contribution in [0.5, 0.6) is 0 Å². The van der Waals surface area contributed by atoms with Crippen molar-refractivity contribution in [3.05, 3.63) is 11.8 Å². The fourth-order valence-corrected chi connectivity index (χ4v) is 1.54. The molecule has 0 aliphatic heterocycles. The van der Waals surface area contributed by atoms with E-state index in [0.717, 1.165) is 18.5 Å². The van der Waals surface area contributed by atoms with E-state index in [0.29, 0.717) is 11.8 Å². The second kappa shape index (κ2) is 6.58. The highest BCUT2D eigenvalue weighted by atomic mass is 19.4. The Morgan fingerprint density at radius 1 is 1.37 bits per heavy atom. The Hall–Kier alpha value is -1.53. The molecule has 4 nitrogen and oxygen atoms in total. The summed E-state index contributed by atoms with van der Waals surface area (Å²) in [7, 11) is 1.60. The lowest BCUT2D eigenvalue weighted by Crippen LogP contribution is -2.26. The SMILES string of the molecule is CCCNc1ncc(C)c(N(C)CCC(F)(F)F)n1. The first-order valence-electron chi connectivity index (χ1n) is 6.19. The van der Waals surface area contributed by atoms with Crippen LogP contribution in [0.4, 0.5) is 24.9 Å². The van der Waals surface area contributed by atoms with Crippen molar-refractivity contribution in [2.24, 2.45) is 0 Å². The highest BCUT2D eigenvalue weighted by molar-refractivity contribution is 5.48. The molecule has 0 saturated carbocycles. The zero-order chi connectivity index (χ0) is 14.5. The van der Waals surface area contributed by atoms with E-state index < -0.39 is 12.6 Å². The summed E-state index contributed by atoms with van der Waals surface area (Å²) in [5.74, 6) is 0.971. The molecule has 0 fully saturated rings. The summed E-state index contributed by atoms with van der Waals surface area (Å²) in [5.41, 5.74) is 0.756. The molecule has 1 aromatic heterocycles. The molecule has 0 saturated heterocycles. The highest BCUT2D eigenvalue weighted by Gasteiger charge is 2.27. The van der Waals surface area contributed by atoms with Crippen LogP contribution >= 0.6 is 0 Å². The maximum atomic E-state index is 12.2. The number of aryl methyl sites for hydroxylation is 1. The minimum Gasteiger partial charge on any atom is -0.359 e. The molecule has 1 rings (SSSR count). The molecular formula is C12H19F3N4. The van der Waals surface area contributed by atoms with E-state index in [2.05, 4.69) is 15.3 Å². The van der Waals surface area contributed by atoms with Gasteiger partial charge >= 0.3 is 6.18 Å². The minimum atomic E-state index is -4.15. The van der Waals surface area contributed by atoms with Crippen molar-refractivity contribution in [2.75, 3.05) is 30.4 Å². The Morgan fingerprint density at radius 2 is 2.05 bits per heavy atom. The molecule has 0 aromatic carbocycles. The lowest BCUT2D eigenvalue weighted by molar-refractivity contribution is -0.132. The molecule has 108 valence electrons. The van der Waals surface area contributed by atoms with E-state index >= 15 is 0 Å². The Morgan fingerprint density at radius 3 is 2.63 bits per heavy atom. The summed E-state index contributed by atoms with van der Waals surface area (Å²) in [6, 6.07) is 0. The van der Waals surface area contributed by atoms with E-state index in [4.69, 9.17) is 0 Å². The number of nitrogens with one attached hydrogen (secondary N) is 1.